The van der Waals surface area contributed by atoms with Gasteiger partial charge in [0, 0.05) is 61.1 Å². The molecule has 6 fully saturated rings. The largest absolute Gasteiger partial charge is 0.455 e. The molecule has 16 heteroatoms. The molecule has 3 aliphatic heterocycles. The van der Waals surface area contributed by atoms with Crippen molar-refractivity contribution in [3.8, 4) is 11.5 Å². The quantitative estimate of drug-likeness (QED) is 0.0782. The smallest absolute Gasteiger partial charge is 0.312 e. The van der Waals surface area contributed by atoms with Gasteiger partial charge in [0.2, 0.25) is 5.82 Å². The molecule has 3 saturated heterocycles. The zero-order valence-electron chi connectivity index (χ0n) is 34.4. The third-order valence-electron chi connectivity index (χ3n) is 14.7. The van der Waals surface area contributed by atoms with Crippen LogP contribution in [0.15, 0.2) is 84.1 Å². The molecule has 6 aliphatic rings. The van der Waals surface area contributed by atoms with Crippen molar-refractivity contribution in [2.75, 3.05) is 49.6 Å². The van der Waals surface area contributed by atoms with E-state index in [0.29, 0.717) is 66.4 Å². The number of nitrogens with zero attached hydrogens (tertiary/aromatic N) is 5. The molecule has 0 bridgehead atoms. The van der Waals surface area contributed by atoms with Gasteiger partial charge in [0.25, 0.3) is 15.9 Å². The summed E-state index contributed by atoms with van der Waals surface area (Å²) >= 11 is 0. The summed E-state index contributed by atoms with van der Waals surface area (Å²) in [5, 5.41) is 15.9. The summed E-state index contributed by atoms with van der Waals surface area (Å²) in [7, 11) is -4.59. The number of benzene rings is 2. The van der Waals surface area contributed by atoms with Crippen LogP contribution in [-0.2, 0) is 14.8 Å². The SMILES string of the molecule is O=C(NS(=O)(=O)c1cnc(NCC2C3COCC23)c([N+](=O)[O-])c1)c1ccc(N2CCC3(CC2)CC(N2CCC[C@H]2c2ccccc2C2CC2)C3)cc1Oc1cnc2[nH]ccc2c1. The molecule has 6 heterocycles. The normalized spacial score (nSPS) is 24.5. The molecule has 15 nitrogen and oxygen atoms in total. The van der Waals surface area contributed by atoms with E-state index in [2.05, 4.69) is 59.1 Å². The number of carbonyl (C=O) groups is 1. The van der Waals surface area contributed by atoms with Gasteiger partial charge in [-0.3, -0.25) is 19.8 Å². The first-order chi connectivity index (χ1) is 30.1. The lowest BCUT2D eigenvalue weighted by Gasteiger charge is -2.56. The van der Waals surface area contributed by atoms with Crippen LogP contribution in [0.5, 0.6) is 11.5 Å². The van der Waals surface area contributed by atoms with E-state index in [9.17, 15) is 23.3 Å². The number of aromatic amines is 1. The Kier molecular flexibility index (Phi) is 9.72. The van der Waals surface area contributed by atoms with E-state index in [1.807, 2.05) is 12.1 Å². The van der Waals surface area contributed by atoms with Crippen molar-refractivity contribution < 1.29 is 27.6 Å². The minimum Gasteiger partial charge on any atom is -0.455 e. The van der Waals surface area contributed by atoms with Crippen molar-refractivity contribution in [1.29, 1.82) is 0 Å². The van der Waals surface area contributed by atoms with Gasteiger partial charge in [-0.2, -0.15) is 0 Å². The van der Waals surface area contributed by atoms with Gasteiger partial charge in [-0.1, -0.05) is 24.3 Å². The Morgan fingerprint density at radius 2 is 1.76 bits per heavy atom. The van der Waals surface area contributed by atoms with E-state index in [0.717, 1.165) is 55.2 Å². The Bertz CT molecular complexity index is 2660. The van der Waals surface area contributed by atoms with Crippen LogP contribution in [0.25, 0.3) is 11.0 Å². The number of anilines is 2. The van der Waals surface area contributed by atoms with Gasteiger partial charge >= 0.3 is 5.69 Å². The third-order valence-corrected chi connectivity index (χ3v) is 16.0. The minimum atomic E-state index is -4.59. The lowest BCUT2D eigenvalue weighted by Crippen LogP contribution is -2.54. The maximum Gasteiger partial charge on any atom is 0.312 e. The molecule has 3 atom stereocenters. The first-order valence-corrected chi connectivity index (χ1v) is 23.5. The van der Waals surface area contributed by atoms with E-state index >= 15 is 0 Å². The second kappa shape index (κ2) is 15.3. The number of sulfonamides is 1. The van der Waals surface area contributed by atoms with Gasteiger partial charge < -0.3 is 24.7 Å². The molecule has 62 heavy (non-hydrogen) atoms. The van der Waals surface area contributed by atoms with Crippen molar-refractivity contribution in [3.05, 3.63) is 106 Å². The molecule has 2 aromatic carbocycles. The summed E-state index contributed by atoms with van der Waals surface area (Å²) in [5.41, 5.74) is 4.47. The first kappa shape index (κ1) is 39.3. The van der Waals surface area contributed by atoms with Gasteiger partial charge in [0.1, 0.15) is 22.0 Å². The number of fused-ring (bicyclic) bond motifs is 2. The zero-order valence-corrected chi connectivity index (χ0v) is 35.2. The average Bonchev–Trinajstić information content (AvgIpc) is 3.97. The van der Waals surface area contributed by atoms with Gasteiger partial charge in [-0.15, -0.1) is 0 Å². The molecular formula is C46H50N8O7S. The highest BCUT2D eigenvalue weighted by Gasteiger charge is 2.54. The number of amides is 1. The van der Waals surface area contributed by atoms with Gasteiger partial charge in [-0.05, 0) is 122 Å². The van der Waals surface area contributed by atoms with Crippen molar-refractivity contribution in [2.45, 2.75) is 74.3 Å². The highest BCUT2D eigenvalue weighted by Crippen LogP contribution is 2.55. The molecule has 3 aliphatic carbocycles. The summed E-state index contributed by atoms with van der Waals surface area (Å²) in [6.07, 6.45) is 14.0. The number of piperidine rings is 1. The molecule has 0 radical (unpaired) electrons. The van der Waals surface area contributed by atoms with Crippen LogP contribution < -0.4 is 19.7 Å². The lowest BCUT2D eigenvalue weighted by molar-refractivity contribution is -0.384. The lowest BCUT2D eigenvalue weighted by atomic mass is 9.59. The first-order valence-electron chi connectivity index (χ1n) is 22.0. The summed E-state index contributed by atoms with van der Waals surface area (Å²) in [6, 6.07) is 20.0. The minimum absolute atomic E-state index is 0.0232. The fraction of sp³-hybridized carbons (Fsp3) is 0.457. The number of aromatic nitrogens is 3. The number of hydrogen-bond acceptors (Lipinski definition) is 12. The van der Waals surface area contributed by atoms with Crippen LogP contribution >= 0.6 is 0 Å². The average molecular weight is 859 g/mol. The van der Waals surface area contributed by atoms with E-state index in [4.69, 9.17) is 9.47 Å². The number of carbonyl (C=O) groups excluding carboxylic acids is 1. The Labute approximate surface area is 359 Å². The number of nitrogens with one attached hydrogen (secondary N) is 3. The van der Waals surface area contributed by atoms with E-state index in [1.165, 1.54) is 45.1 Å². The van der Waals surface area contributed by atoms with Crippen LogP contribution in [-0.4, -0.2) is 84.5 Å². The predicted octanol–water partition coefficient (Wildman–Crippen LogP) is 7.54. The molecule has 5 aromatic rings. The number of rotatable bonds is 13. The molecule has 1 spiro atoms. The fourth-order valence-electron chi connectivity index (χ4n) is 11.0. The number of hydrogen-bond donors (Lipinski definition) is 3. The molecule has 11 rings (SSSR count). The number of H-pyrrole nitrogens is 1. The van der Waals surface area contributed by atoms with Gasteiger partial charge in [-0.25, -0.2) is 23.1 Å². The van der Waals surface area contributed by atoms with E-state index in [-0.39, 0.29) is 17.1 Å². The number of pyridine rings is 2. The predicted molar refractivity (Wildman–Crippen MR) is 232 cm³/mol. The van der Waals surface area contributed by atoms with Crippen molar-refractivity contribution in [3.63, 3.8) is 0 Å². The summed E-state index contributed by atoms with van der Waals surface area (Å²) in [4.78, 5) is 41.5. The van der Waals surface area contributed by atoms with Crippen molar-refractivity contribution in [1.82, 2.24) is 24.6 Å². The Balaban J connectivity index is 0.790. The Morgan fingerprint density at radius 3 is 2.53 bits per heavy atom. The molecule has 322 valence electrons. The summed E-state index contributed by atoms with van der Waals surface area (Å²) < 4.78 is 41.2. The molecule has 1 amide bonds. The van der Waals surface area contributed by atoms with Crippen LogP contribution in [0.3, 0.4) is 0 Å². The van der Waals surface area contributed by atoms with Crippen LogP contribution in [0.4, 0.5) is 17.2 Å². The molecule has 3 N–H and O–H groups in total. The Hall–Kier alpha value is -5.58. The topological polar surface area (TPSA) is 185 Å². The highest BCUT2D eigenvalue weighted by molar-refractivity contribution is 7.90. The van der Waals surface area contributed by atoms with Crippen molar-refractivity contribution >= 4 is 44.2 Å². The number of likely N-dealkylation sites (tertiary alicyclic amines) is 1. The van der Waals surface area contributed by atoms with Crippen LogP contribution in [0.1, 0.15) is 84.8 Å². The summed E-state index contributed by atoms with van der Waals surface area (Å²) in [5.74, 6) is 1.46. The standard InChI is InChI=1S/C46H50N8O7S/c55-45(51-62(58,59)33-20-41(54(56)57)44(49-24-33)50-25-37-38-26-60-27-39(37)38)36-10-9-30(19-42(36)61-32-18-29-11-14-47-43(29)48-23-32)52-16-12-46(13-17-52)21-31(22-46)53-15-3-6-40(53)35-5-2-1-4-34(35)28-7-8-28/h1-2,4-5,9-11,14,18-20,23-24,28,31,37-40H,3,6-8,12-13,15-17,21-22,25-27H2,(H,47,48)(H,49,50)(H,51,55)/t37?,38?,39?,40-/m0/s1. The van der Waals surface area contributed by atoms with Crippen LogP contribution in [0, 0.1) is 33.3 Å². The number of ether oxygens (including phenoxy) is 2. The second-order valence-electron chi connectivity index (χ2n) is 18.4. The summed E-state index contributed by atoms with van der Waals surface area (Å²) in [6.45, 7) is 4.69. The number of nitro groups is 1. The maximum atomic E-state index is 13.9. The van der Waals surface area contributed by atoms with Crippen molar-refractivity contribution in [2.24, 2.45) is 23.2 Å². The van der Waals surface area contributed by atoms with Crippen LogP contribution in [0.2, 0.25) is 0 Å². The third kappa shape index (κ3) is 7.34. The van der Waals surface area contributed by atoms with Gasteiger partial charge in [0.15, 0.2) is 0 Å². The van der Waals surface area contributed by atoms with E-state index < -0.39 is 31.4 Å². The highest BCUT2D eigenvalue weighted by atomic mass is 32.2. The monoisotopic (exact) mass is 858 g/mol. The van der Waals surface area contributed by atoms with E-state index in [1.54, 1.807) is 41.7 Å². The molecule has 3 saturated carbocycles. The maximum absolute atomic E-state index is 13.9. The molecular weight excluding hydrogens is 809 g/mol. The zero-order chi connectivity index (χ0) is 42.2. The van der Waals surface area contributed by atoms with Gasteiger partial charge in [0.05, 0.1) is 36.1 Å². The Morgan fingerprint density at radius 1 is 0.968 bits per heavy atom. The fourth-order valence-corrected chi connectivity index (χ4v) is 11.9. The second-order valence-corrected chi connectivity index (χ2v) is 20.0. The molecule has 3 aromatic heterocycles. The molecule has 2 unspecified atom stereocenters.